The van der Waals surface area contributed by atoms with Crippen LogP contribution in [0.25, 0.3) is 0 Å². The minimum absolute atomic E-state index is 0.340. The molecular formula is C30H52O. The third-order valence-corrected chi connectivity index (χ3v) is 10.7. The molecule has 3 aliphatic rings. The van der Waals surface area contributed by atoms with Crippen LogP contribution in [0.3, 0.4) is 0 Å². The first kappa shape index (κ1) is 25.1. The fraction of sp³-hybridized carbons (Fsp3) is 0.867. The van der Waals surface area contributed by atoms with Crippen molar-refractivity contribution in [3.8, 4) is 0 Å². The predicted octanol–water partition coefficient (Wildman–Crippen LogP) is 8.87. The van der Waals surface area contributed by atoms with Crippen molar-refractivity contribution in [2.75, 3.05) is 6.61 Å². The second kappa shape index (κ2) is 9.00. The minimum Gasteiger partial charge on any atom is -0.396 e. The van der Waals surface area contributed by atoms with Crippen molar-refractivity contribution in [1.82, 2.24) is 0 Å². The summed E-state index contributed by atoms with van der Waals surface area (Å²) in [6.07, 6.45) is 16.9. The summed E-state index contributed by atoms with van der Waals surface area (Å²) in [5.41, 5.74) is 6.60. The number of hydrogen-bond donors (Lipinski definition) is 1. The Morgan fingerprint density at radius 2 is 1.71 bits per heavy atom. The Bertz CT molecular complexity index is 708. The lowest BCUT2D eigenvalue weighted by atomic mass is 9.36. The Kier molecular flexibility index (Phi) is 7.28. The molecular weight excluding hydrogens is 376 g/mol. The van der Waals surface area contributed by atoms with Crippen LogP contribution in [-0.4, -0.2) is 11.7 Å². The van der Waals surface area contributed by atoms with E-state index in [0.717, 1.165) is 12.3 Å². The molecule has 0 bridgehead atoms. The van der Waals surface area contributed by atoms with Gasteiger partial charge in [-0.15, -0.1) is 0 Å². The van der Waals surface area contributed by atoms with Gasteiger partial charge in [-0.25, -0.2) is 0 Å². The Balaban J connectivity index is 1.89. The molecule has 0 aromatic heterocycles. The van der Waals surface area contributed by atoms with Crippen LogP contribution < -0.4 is 0 Å². The first-order chi connectivity index (χ1) is 14.4. The first-order valence-electron chi connectivity index (χ1n) is 13.3. The molecule has 0 amide bonds. The molecule has 3 fully saturated rings. The van der Waals surface area contributed by atoms with Crippen LogP contribution in [0.15, 0.2) is 22.8 Å². The summed E-state index contributed by atoms with van der Waals surface area (Å²) < 4.78 is 0. The molecule has 0 heterocycles. The Hall–Kier alpha value is -0.560. The van der Waals surface area contributed by atoms with Crippen LogP contribution in [0.1, 0.15) is 126 Å². The van der Waals surface area contributed by atoms with Crippen LogP contribution >= 0.6 is 0 Å². The molecule has 1 heteroatoms. The highest BCUT2D eigenvalue weighted by Gasteiger charge is 2.64. The summed E-state index contributed by atoms with van der Waals surface area (Å²) in [4.78, 5) is 0. The van der Waals surface area contributed by atoms with Gasteiger partial charge in [0, 0.05) is 6.61 Å². The Labute approximate surface area is 194 Å². The van der Waals surface area contributed by atoms with Gasteiger partial charge in [0.25, 0.3) is 0 Å². The zero-order valence-electron chi connectivity index (χ0n) is 22.2. The van der Waals surface area contributed by atoms with Gasteiger partial charge in [0.15, 0.2) is 0 Å². The van der Waals surface area contributed by atoms with E-state index >= 15 is 0 Å². The van der Waals surface area contributed by atoms with Gasteiger partial charge in [-0.05, 0) is 132 Å². The normalized spacial score (nSPS) is 42.5. The highest BCUT2D eigenvalue weighted by Crippen LogP contribution is 2.73. The number of hydrogen-bond acceptors (Lipinski definition) is 1. The van der Waals surface area contributed by atoms with Crippen molar-refractivity contribution in [2.45, 2.75) is 126 Å². The molecule has 6 atom stereocenters. The second-order valence-electron chi connectivity index (χ2n) is 13.3. The van der Waals surface area contributed by atoms with Crippen LogP contribution in [0, 0.1) is 33.5 Å². The molecule has 3 rings (SSSR count). The minimum atomic E-state index is 0.340. The molecule has 0 spiro atoms. The van der Waals surface area contributed by atoms with E-state index in [2.05, 4.69) is 61.5 Å². The fourth-order valence-corrected chi connectivity index (χ4v) is 8.77. The van der Waals surface area contributed by atoms with E-state index in [0.29, 0.717) is 34.2 Å². The largest absolute Gasteiger partial charge is 0.396 e. The van der Waals surface area contributed by atoms with Gasteiger partial charge in [0.05, 0.1) is 0 Å². The van der Waals surface area contributed by atoms with E-state index < -0.39 is 0 Å². The quantitative estimate of drug-likeness (QED) is 0.419. The van der Waals surface area contributed by atoms with Gasteiger partial charge >= 0.3 is 0 Å². The number of aliphatic hydroxyl groups excluding tert-OH is 1. The molecule has 0 aromatic rings. The molecule has 0 unspecified atom stereocenters. The molecule has 0 radical (unpaired) electrons. The fourth-order valence-electron chi connectivity index (χ4n) is 8.77. The van der Waals surface area contributed by atoms with Gasteiger partial charge in [-0.1, -0.05) is 50.5 Å². The number of fused-ring (bicyclic) bond motifs is 3. The molecule has 0 saturated heterocycles. The van der Waals surface area contributed by atoms with Crippen molar-refractivity contribution in [3.05, 3.63) is 22.8 Å². The molecule has 3 aliphatic carbocycles. The van der Waals surface area contributed by atoms with Gasteiger partial charge in [0.1, 0.15) is 0 Å². The molecule has 31 heavy (non-hydrogen) atoms. The van der Waals surface area contributed by atoms with Crippen molar-refractivity contribution < 1.29 is 5.11 Å². The lowest BCUT2D eigenvalue weighted by Gasteiger charge is -2.69. The predicted molar refractivity (Wildman–Crippen MR) is 135 cm³/mol. The van der Waals surface area contributed by atoms with Crippen molar-refractivity contribution in [3.63, 3.8) is 0 Å². The molecule has 0 aromatic carbocycles. The van der Waals surface area contributed by atoms with Crippen LogP contribution in [0.2, 0.25) is 0 Å². The molecule has 1 nitrogen and oxygen atoms in total. The van der Waals surface area contributed by atoms with Crippen molar-refractivity contribution in [2.24, 2.45) is 33.5 Å². The van der Waals surface area contributed by atoms with Crippen molar-refractivity contribution >= 4 is 0 Å². The lowest BCUT2D eigenvalue weighted by Crippen LogP contribution is -2.60. The molecule has 0 aliphatic heterocycles. The zero-order chi connectivity index (χ0) is 23.1. The standard InChI is InChI=1S/C30H52O/c1-22(2)11-9-15-27(5)16-19-30(8)26-14-13-24(23(3)4)25(12-10-20-31)29(26,7)18-17-28(30,6)21-27/h11,25-26,31H,9-10,12-21H2,1-8H3/t25-,26+,27-,28+,29+,30-/m1/s1. The number of rotatable bonds is 6. The summed E-state index contributed by atoms with van der Waals surface area (Å²) in [7, 11) is 0. The van der Waals surface area contributed by atoms with Crippen LogP contribution in [0.4, 0.5) is 0 Å². The molecule has 1 N–H and O–H groups in total. The third kappa shape index (κ3) is 4.47. The summed E-state index contributed by atoms with van der Waals surface area (Å²) in [5, 5.41) is 9.62. The lowest BCUT2D eigenvalue weighted by molar-refractivity contribution is -0.184. The summed E-state index contributed by atoms with van der Waals surface area (Å²) >= 11 is 0. The van der Waals surface area contributed by atoms with Crippen LogP contribution in [0.5, 0.6) is 0 Å². The summed E-state index contributed by atoms with van der Waals surface area (Å²) in [6.45, 7) is 20.1. The average molecular weight is 429 g/mol. The van der Waals surface area contributed by atoms with E-state index in [1.165, 1.54) is 69.8 Å². The Morgan fingerprint density at radius 1 is 1.00 bits per heavy atom. The number of allylic oxidation sites excluding steroid dienone is 4. The third-order valence-electron chi connectivity index (χ3n) is 10.7. The second-order valence-corrected chi connectivity index (χ2v) is 13.3. The summed E-state index contributed by atoms with van der Waals surface area (Å²) in [5.74, 6) is 1.50. The monoisotopic (exact) mass is 428 g/mol. The first-order valence-corrected chi connectivity index (χ1v) is 13.3. The maximum Gasteiger partial charge on any atom is 0.0431 e. The maximum absolute atomic E-state index is 9.62. The van der Waals surface area contributed by atoms with E-state index in [1.807, 2.05) is 0 Å². The molecule has 178 valence electrons. The van der Waals surface area contributed by atoms with E-state index in [4.69, 9.17) is 0 Å². The van der Waals surface area contributed by atoms with E-state index in [9.17, 15) is 5.11 Å². The zero-order valence-corrected chi connectivity index (χ0v) is 22.2. The number of aliphatic hydroxyl groups is 1. The SMILES string of the molecule is CC(C)=CCC[C@]1(C)CC[C@]2(C)[C@H]3CCC(=C(C)C)[C@@H](CCCO)[C@]3(C)CC[C@@]2(C)C1. The summed E-state index contributed by atoms with van der Waals surface area (Å²) in [6, 6.07) is 0. The molecule has 3 saturated carbocycles. The van der Waals surface area contributed by atoms with E-state index in [-0.39, 0.29) is 0 Å². The van der Waals surface area contributed by atoms with Gasteiger partial charge in [-0.2, -0.15) is 0 Å². The van der Waals surface area contributed by atoms with Crippen LogP contribution in [-0.2, 0) is 0 Å². The highest BCUT2D eigenvalue weighted by molar-refractivity contribution is 5.24. The van der Waals surface area contributed by atoms with Gasteiger partial charge in [0.2, 0.25) is 0 Å². The smallest absolute Gasteiger partial charge is 0.0431 e. The van der Waals surface area contributed by atoms with E-state index in [1.54, 1.807) is 11.1 Å². The maximum atomic E-state index is 9.62. The average Bonchev–Trinajstić information content (AvgIpc) is 2.67. The highest BCUT2D eigenvalue weighted by atomic mass is 16.2. The Morgan fingerprint density at radius 3 is 2.32 bits per heavy atom. The van der Waals surface area contributed by atoms with Gasteiger partial charge in [-0.3, -0.25) is 0 Å². The topological polar surface area (TPSA) is 20.2 Å². The van der Waals surface area contributed by atoms with Crippen molar-refractivity contribution in [1.29, 1.82) is 0 Å². The van der Waals surface area contributed by atoms with Gasteiger partial charge < -0.3 is 5.11 Å².